The molecule has 1 rings (SSSR count). The molecule has 0 aromatic heterocycles. The van der Waals surface area contributed by atoms with Crippen LogP contribution in [0.2, 0.25) is 0 Å². The van der Waals surface area contributed by atoms with Crippen molar-refractivity contribution in [2.45, 2.75) is 71.9 Å². The van der Waals surface area contributed by atoms with Crippen LogP contribution in [0, 0.1) is 0 Å². The molecule has 4 atom stereocenters. The van der Waals surface area contributed by atoms with Crippen LogP contribution in [0.1, 0.15) is 41.5 Å². The third kappa shape index (κ3) is 7.20. The van der Waals surface area contributed by atoms with Crippen molar-refractivity contribution in [1.82, 2.24) is 0 Å². The van der Waals surface area contributed by atoms with E-state index in [2.05, 4.69) is 0 Å². The van der Waals surface area contributed by atoms with E-state index in [1.54, 1.807) is 0 Å². The Kier molecular flexibility index (Phi) is 8.91. The lowest BCUT2D eigenvalue weighted by atomic mass is 9.94. The first-order chi connectivity index (χ1) is 14.3. The number of ether oxygens (including phenoxy) is 7. The SMILES string of the molecule is CC(=O)OCC1OC(OC(C)=O)C(OC(C)=O)(OC(C)=O)C(OC(C)=O)C1OC(C)=O. The van der Waals surface area contributed by atoms with Gasteiger partial charge in [-0.15, -0.1) is 0 Å². The lowest BCUT2D eigenvalue weighted by Gasteiger charge is -2.49. The van der Waals surface area contributed by atoms with Gasteiger partial charge in [-0.2, -0.15) is 0 Å². The fraction of sp³-hybridized carbons (Fsp3) is 0.667. The second-order valence-corrected chi connectivity index (χ2v) is 6.43. The summed E-state index contributed by atoms with van der Waals surface area (Å²) in [6.45, 7) is 5.41. The number of carbonyl (C=O) groups excluding carboxylic acids is 6. The van der Waals surface area contributed by atoms with Crippen molar-refractivity contribution < 1.29 is 61.9 Å². The predicted molar refractivity (Wildman–Crippen MR) is 94.4 cm³/mol. The summed E-state index contributed by atoms with van der Waals surface area (Å²) in [5, 5.41) is 0. The van der Waals surface area contributed by atoms with E-state index in [1.807, 2.05) is 0 Å². The molecule has 0 aromatic carbocycles. The minimum Gasteiger partial charge on any atom is -0.463 e. The zero-order valence-electron chi connectivity index (χ0n) is 17.8. The van der Waals surface area contributed by atoms with Crippen LogP contribution in [-0.2, 0) is 61.9 Å². The van der Waals surface area contributed by atoms with Crippen molar-refractivity contribution in [2.75, 3.05) is 6.61 Å². The number of hydrogen-bond donors (Lipinski definition) is 0. The maximum absolute atomic E-state index is 11.9. The molecule has 1 heterocycles. The second kappa shape index (κ2) is 10.7. The van der Waals surface area contributed by atoms with Crippen LogP contribution < -0.4 is 0 Å². The lowest BCUT2D eigenvalue weighted by Crippen LogP contribution is -2.72. The summed E-state index contributed by atoms with van der Waals surface area (Å²) in [7, 11) is 0. The molecule has 1 aliphatic heterocycles. The highest BCUT2D eigenvalue weighted by atomic mass is 16.8. The zero-order chi connectivity index (χ0) is 23.9. The average Bonchev–Trinajstić information content (AvgIpc) is 2.57. The Morgan fingerprint density at radius 3 is 1.55 bits per heavy atom. The normalized spacial score (nSPS) is 24.2. The summed E-state index contributed by atoms with van der Waals surface area (Å²) in [6.07, 6.45) is -6.82. The number of esters is 6. The summed E-state index contributed by atoms with van der Waals surface area (Å²) in [4.78, 5) is 70.2. The topological polar surface area (TPSA) is 167 Å². The molecule has 4 unspecified atom stereocenters. The van der Waals surface area contributed by atoms with Crippen molar-refractivity contribution in [3.63, 3.8) is 0 Å². The van der Waals surface area contributed by atoms with Crippen LogP contribution in [0.3, 0.4) is 0 Å². The van der Waals surface area contributed by atoms with Gasteiger partial charge in [-0.1, -0.05) is 0 Å². The summed E-state index contributed by atoms with van der Waals surface area (Å²) < 4.78 is 36.1. The molecule has 0 saturated carbocycles. The first-order valence-electron chi connectivity index (χ1n) is 8.98. The fourth-order valence-corrected chi connectivity index (χ4v) is 2.82. The van der Waals surface area contributed by atoms with E-state index < -0.39 is 72.8 Å². The largest absolute Gasteiger partial charge is 0.463 e. The van der Waals surface area contributed by atoms with E-state index in [9.17, 15) is 28.8 Å². The maximum Gasteiger partial charge on any atom is 0.361 e. The average molecular weight is 448 g/mol. The van der Waals surface area contributed by atoms with Gasteiger partial charge in [0, 0.05) is 41.5 Å². The smallest absolute Gasteiger partial charge is 0.361 e. The molecule has 0 aromatic rings. The van der Waals surface area contributed by atoms with E-state index in [0.29, 0.717) is 0 Å². The van der Waals surface area contributed by atoms with E-state index in [-0.39, 0.29) is 0 Å². The molecule has 1 aliphatic rings. The van der Waals surface area contributed by atoms with Gasteiger partial charge in [0.05, 0.1) is 0 Å². The summed E-state index contributed by atoms with van der Waals surface area (Å²) >= 11 is 0. The zero-order valence-corrected chi connectivity index (χ0v) is 17.8. The van der Waals surface area contributed by atoms with Crippen LogP contribution in [0.25, 0.3) is 0 Å². The van der Waals surface area contributed by atoms with Crippen LogP contribution in [0.4, 0.5) is 0 Å². The molecule has 31 heavy (non-hydrogen) atoms. The molecule has 0 spiro atoms. The Labute approximate surface area is 177 Å². The molecule has 0 radical (unpaired) electrons. The first kappa shape index (κ1) is 25.8. The van der Waals surface area contributed by atoms with Crippen molar-refractivity contribution >= 4 is 35.8 Å². The minimum atomic E-state index is -2.68. The predicted octanol–water partition coefficient (Wildman–Crippen LogP) is -0.477. The maximum atomic E-state index is 11.9. The summed E-state index contributed by atoms with van der Waals surface area (Å²) in [5.41, 5.74) is 0. The Morgan fingerprint density at radius 1 is 0.677 bits per heavy atom. The minimum absolute atomic E-state index is 0.543. The second-order valence-electron chi connectivity index (χ2n) is 6.43. The van der Waals surface area contributed by atoms with E-state index in [0.717, 1.165) is 41.5 Å². The van der Waals surface area contributed by atoms with Crippen molar-refractivity contribution in [2.24, 2.45) is 0 Å². The number of carbonyl (C=O) groups is 6. The van der Waals surface area contributed by atoms with Gasteiger partial charge in [-0.3, -0.25) is 28.8 Å². The lowest BCUT2D eigenvalue weighted by molar-refractivity contribution is -0.396. The monoisotopic (exact) mass is 448 g/mol. The molecule has 1 fully saturated rings. The quantitative estimate of drug-likeness (QED) is 0.278. The van der Waals surface area contributed by atoms with Gasteiger partial charge in [0.1, 0.15) is 12.7 Å². The van der Waals surface area contributed by atoms with E-state index in [1.165, 1.54) is 0 Å². The van der Waals surface area contributed by atoms with Gasteiger partial charge in [-0.25, -0.2) is 0 Å². The molecule has 1 saturated heterocycles. The molecule has 174 valence electrons. The van der Waals surface area contributed by atoms with Crippen LogP contribution in [0.5, 0.6) is 0 Å². The highest BCUT2D eigenvalue weighted by Gasteiger charge is 2.67. The highest BCUT2D eigenvalue weighted by molar-refractivity contribution is 5.71. The summed E-state index contributed by atoms with van der Waals surface area (Å²) in [6, 6.07) is 0. The van der Waals surface area contributed by atoms with Gasteiger partial charge in [0.25, 0.3) is 6.29 Å². The third-order valence-corrected chi connectivity index (χ3v) is 3.61. The van der Waals surface area contributed by atoms with Gasteiger partial charge in [0.15, 0.2) is 6.10 Å². The van der Waals surface area contributed by atoms with E-state index >= 15 is 0 Å². The fourth-order valence-electron chi connectivity index (χ4n) is 2.82. The van der Waals surface area contributed by atoms with Crippen molar-refractivity contribution in [3.05, 3.63) is 0 Å². The standard InChI is InChI=1S/C18H24O13/c1-8(19)25-7-14-15(26-9(2)20)16(27-10(3)21)18(30-12(5)23,31-13(6)24)17(29-14)28-11(4)22/h14-17H,7H2,1-6H3. The molecule has 0 N–H and O–H groups in total. The van der Waals surface area contributed by atoms with Crippen LogP contribution in [-0.4, -0.2) is 72.8 Å². The molecule has 0 bridgehead atoms. The number of rotatable bonds is 7. The van der Waals surface area contributed by atoms with Crippen molar-refractivity contribution in [3.8, 4) is 0 Å². The summed E-state index contributed by atoms with van der Waals surface area (Å²) in [5.74, 6) is -8.28. The Hall–Kier alpha value is -3.22. The van der Waals surface area contributed by atoms with Gasteiger partial charge in [0.2, 0.25) is 6.10 Å². The highest BCUT2D eigenvalue weighted by Crippen LogP contribution is 2.39. The number of hydrogen-bond acceptors (Lipinski definition) is 13. The Balaban J connectivity index is 3.69. The Morgan fingerprint density at radius 2 is 1.16 bits per heavy atom. The van der Waals surface area contributed by atoms with Gasteiger partial charge in [-0.05, 0) is 0 Å². The van der Waals surface area contributed by atoms with Gasteiger partial charge < -0.3 is 33.2 Å². The Bertz CT molecular complexity index is 727. The van der Waals surface area contributed by atoms with Gasteiger partial charge >= 0.3 is 41.6 Å². The van der Waals surface area contributed by atoms with Crippen molar-refractivity contribution in [1.29, 1.82) is 0 Å². The first-order valence-corrected chi connectivity index (χ1v) is 8.98. The third-order valence-electron chi connectivity index (χ3n) is 3.61. The molecule has 13 nitrogen and oxygen atoms in total. The van der Waals surface area contributed by atoms with Crippen LogP contribution >= 0.6 is 0 Å². The molecule has 0 amide bonds. The van der Waals surface area contributed by atoms with E-state index in [4.69, 9.17) is 33.2 Å². The molecule has 0 aliphatic carbocycles. The molecular weight excluding hydrogens is 424 g/mol. The van der Waals surface area contributed by atoms with Crippen LogP contribution in [0.15, 0.2) is 0 Å². The molecule has 13 heteroatoms. The molecular formula is C18H24O13.